The Kier molecular flexibility index (Phi) is 3.56. The van der Waals surface area contributed by atoms with Crippen LogP contribution < -0.4 is 15.5 Å². The van der Waals surface area contributed by atoms with Crippen LogP contribution in [0.2, 0.25) is 0 Å². The van der Waals surface area contributed by atoms with Crippen LogP contribution in [0.3, 0.4) is 0 Å². The number of anilines is 3. The third-order valence-corrected chi connectivity index (χ3v) is 3.68. The topological polar surface area (TPSA) is 82.1 Å². The van der Waals surface area contributed by atoms with Gasteiger partial charge in [-0.25, -0.2) is 0 Å². The molecule has 0 amide bonds. The van der Waals surface area contributed by atoms with Crippen LogP contribution in [0.15, 0.2) is 36.5 Å². The molecule has 0 unspecified atom stereocenters. The molecular formula is C15H16N6. The quantitative estimate of drug-likeness (QED) is 0.834. The number of nitrogen functional groups attached to an aromatic ring is 1. The molecule has 0 bridgehead atoms. The summed E-state index contributed by atoms with van der Waals surface area (Å²) in [6.45, 7) is 3.27. The molecule has 106 valence electrons. The van der Waals surface area contributed by atoms with Crippen LogP contribution in [0.5, 0.6) is 0 Å². The van der Waals surface area contributed by atoms with Gasteiger partial charge >= 0.3 is 0 Å². The monoisotopic (exact) mass is 280 g/mol. The normalized spacial score (nSPS) is 14.8. The highest BCUT2D eigenvalue weighted by atomic mass is 15.3. The van der Waals surface area contributed by atoms with E-state index in [9.17, 15) is 0 Å². The zero-order chi connectivity index (χ0) is 14.7. The van der Waals surface area contributed by atoms with Gasteiger partial charge in [0.05, 0.1) is 23.1 Å². The first-order valence-electron chi connectivity index (χ1n) is 6.86. The third kappa shape index (κ3) is 2.58. The maximum atomic E-state index is 9.14. The minimum Gasteiger partial charge on any atom is -0.397 e. The predicted octanol–water partition coefficient (Wildman–Crippen LogP) is 1.26. The van der Waals surface area contributed by atoms with Crippen molar-refractivity contribution in [1.82, 2.24) is 10.2 Å². The van der Waals surface area contributed by atoms with Gasteiger partial charge in [0, 0.05) is 26.2 Å². The van der Waals surface area contributed by atoms with E-state index < -0.39 is 0 Å². The van der Waals surface area contributed by atoms with Gasteiger partial charge in [0.2, 0.25) is 0 Å². The zero-order valence-corrected chi connectivity index (χ0v) is 11.6. The van der Waals surface area contributed by atoms with E-state index in [0.29, 0.717) is 11.4 Å². The zero-order valence-electron chi connectivity index (χ0n) is 11.6. The molecule has 6 heteroatoms. The Hall–Kier alpha value is -2.81. The van der Waals surface area contributed by atoms with Crippen LogP contribution in [-0.2, 0) is 0 Å². The Bertz CT molecular complexity index is 670. The molecule has 0 spiro atoms. The average molecular weight is 280 g/mol. The molecule has 1 aromatic carbocycles. The van der Waals surface area contributed by atoms with Crippen molar-refractivity contribution in [3.63, 3.8) is 0 Å². The van der Waals surface area contributed by atoms with E-state index >= 15 is 0 Å². The number of hydrogen-bond donors (Lipinski definition) is 1. The van der Waals surface area contributed by atoms with Crippen LogP contribution in [0, 0.1) is 11.3 Å². The van der Waals surface area contributed by atoms with E-state index in [2.05, 4.69) is 26.1 Å². The van der Waals surface area contributed by atoms with Crippen molar-refractivity contribution >= 4 is 17.2 Å². The van der Waals surface area contributed by atoms with Crippen molar-refractivity contribution < 1.29 is 0 Å². The lowest BCUT2D eigenvalue weighted by Gasteiger charge is -2.37. The van der Waals surface area contributed by atoms with Crippen LogP contribution >= 0.6 is 0 Å². The molecule has 21 heavy (non-hydrogen) atoms. The fraction of sp³-hybridized carbons (Fsp3) is 0.267. The summed E-state index contributed by atoms with van der Waals surface area (Å²) in [5.41, 5.74) is 8.45. The summed E-state index contributed by atoms with van der Waals surface area (Å²) < 4.78 is 0. The molecule has 6 nitrogen and oxygen atoms in total. The molecule has 2 aromatic rings. The highest BCUT2D eigenvalue weighted by molar-refractivity contribution is 5.68. The number of nitrogens with two attached hydrogens (primary N) is 1. The maximum absolute atomic E-state index is 9.14. The van der Waals surface area contributed by atoms with Crippen molar-refractivity contribution in [1.29, 1.82) is 5.26 Å². The van der Waals surface area contributed by atoms with E-state index in [1.165, 1.54) is 0 Å². The van der Waals surface area contributed by atoms with E-state index in [-0.39, 0.29) is 0 Å². The number of aromatic nitrogens is 2. The Balaban J connectivity index is 1.74. The molecule has 3 rings (SSSR count). The summed E-state index contributed by atoms with van der Waals surface area (Å²) in [5, 5.41) is 17.1. The fourth-order valence-electron chi connectivity index (χ4n) is 2.58. The fourth-order valence-corrected chi connectivity index (χ4v) is 2.58. The van der Waals surface area contributed by atoms with Gasteiger partial charge in [-0.3, -0.25) is 0 Å². The van der Waals surface area contributed by atoms with Gasteiger partial charge in [-0.05, 0) is 18.2 Å². The number of para-hydroxylation sites is 2. The molecule has 1 aromatic heterocycles. The van der Waals surface area contributed by atoms with Crippen LogP contribution in [0.1, 0.15) is 5.56 Å². The Morgan fingerprint density at radius 2 is 1.76 bits per heavy atom. The molecule has 2 heterocycles. The van der Waals surface area contributed by atoms with Gasteiger partial charge in [0.15, 0.2) is 5.82 Å². The lowest BCUT2D eigenvalue weighted by molar-refractivity contribution is 0.643. The molecule has 2 N–H and O–H groups in total. The van der Waals surface area contributed by atoms with Gasteiger partial charge in [0.1, 0.15) is 6.07 Å². The average Bonchev–Trinajstić information content (AvgIpc) is 2.55. The third-order valence-electron chi connectivity index (χ3n) is 3.68. The number of hydrogen-bond acceptors (Lipinski definition) is 6. The van der Waals surface area contributed by atoms with Crippen molar-refractivity contribution in [2.45, 2.75) is 0 Å². The summed E-state index contributed by atoms with van der Waals surface area (Å²) in [5.74, 6) is 0.667. The number of benzene rings is 1. The SMILES string of the molecule is N#Cc1ccnnc1N1CCN(c2ccccc2N)CC1. The van der Waals surface area contributed by atoms with Gasteiger partial charge in [0.25, 0.3) is 0 Å². The van der Waals surface area contributed by atoms with Crippen molar-refractivity contribution in [2.24, 2.45) is 0 Å². The summed E-state index contributed by atoms with van der Waals surface area (Å²) in [6.07, 6.45) is 1.54. The summed E-state index contributed by atoms with van der Waals surface area (Å²) >= 11 is 0. The highest BCUT2D eigenvalue weighted by Gasteiger charge is 2.21. The molecule has 1 fully saturated rings. The number of nitrogens with zero attached hydrogens (tertiary/aromatic N) is 5. The summed E-state index contributed by atoms with van der Waals surface area (Å²) in [6, 6.07) is 11.7. The van der Waals surface area contributed by atoms with Gasteiger partial charge in [-0.1, -0.05) is 12.1 Å². The molecular weight excluding hydrogens is 264 g/mol. The second-order valence-corrected chi connectivity index (χ2v) is 4.91. The second kappa shape index (κ2) is 5.67. The van der Waals surface area contributed by atoms with Gasteiger partial charge in [-0.15, -0.1) is 5.10 Å². The summed E-state index contributed by atoms with van der Waals surface area (Å²) in [4.78, 5) is 4.36. The van der Waals surface area contributed by atoms with E-state index in [0.717, 1.165) is 37.6 Å². The lowest BCUT2D eigenvalue weighted by Crippen LogP contribution is -2.47. The van der Waals surface area contributed by atoms with E-state index in [1.807, 2.05) is 24.3 Å². The standard InChI is InChI=1S/C15H16N6/c16-11-12-5-6-18-19-15(12)21-9-7-20(8-10-21)14-4-2-1-3-13(14)17/h1-6H,7-10,17H2. The van der Waals surface area contributed by atoms with Crippen LogP contribution in [0.25, 0.3) is 0 Å². The van der Waals surface area contributed by atoms with Crippen LogP contribution in [-0.4, -0.2) is 36.4 Å². The van der Waals surface area contributed by atoms with E-state index in [4.69, 9.17) is 11.0 Å². The number of nitriles is 1. The molecule has 1 aliphatic rings. The first-order valence-corrected chi connectivity index (χ1v) is 6.86. The Morgan fingerprint density at radius 3 is 2.48 bits per heavy atom. The lowest BCUT2D eigenvalue weighted by atomic mass is 10.2. The predicted molar refractivity (Wildman–Crippen MR) is 82.0 cm³/mol. The Morgan fingerprint density at radius 1 is 1.05 bits per heavy atom. The Labute approximate surface area is 123 Å². The molecule has 1 saturated heterocycles. The number of piperazine rings is 1. The van der Waals surface area contributed by atoms with Crippen molar-refractivity contribution in [3.05, 3.63) is 42.1 Å². The molecule has 0 radical (unpaired) electrons. The molecule has 0 saturated carbocycles. The molecule has 0 aliphatic carbocycles. The van der Waals surface area contributed by atoms with Gasteiger partial charge in [-0.2, -0.15) is 10.4 Å². The maximum Gasteiger partial charge on any atom is 0.169 e. The molecule has 0 atom stereocenters. The first-order chi connectivity index (χ1) is 10.3. The van der Waals surface area contributed by atoms with Gasteiger partial charge < -0.3 is 15.5 Å². The van der Waals surface area contributed by atoms with Crippen molar-refractivity contribution in [2.75, 3.05) is 41.7 Å². The minimum absolute atomic E-state index is 0.567. The smallest absolute Gasteiger partial charge is 0.169 e. The summed E-state index contributed by atoms with van der Waals surface area (Å²) in [7, 11) is 0. The number of rotatable bonds is 2. The largest absolute Gasteiger partial charge is 0.397 e. The highest BCUT2D eigenvalue weighted by Crippen LogP contribution is 2.25. The molecule has 1 aliphatic heterocycles. The minimum atomic E-state index is 0.567. The first kappa shape index (κ1) is 13.2. The second-order valence-electron chi connectivity index (χ2n) is 4.91. The van der Waals surface area contributed by atoms with E-state index in [1.54, 1.807) is 12.3 Å². The van der Waals surface area contributed by atoms with Crippen molar-refractivity contribution in [3.8, 4) is 6.07 Å². The van der Waals surface area contributed by atoms with Crippen LogP contribution in [0.4, 0.5) is 17.2 Å².